The number of carbonyl (C=O) groups excluding carboxylic acids is 1. The third kappa shape index (κ3) is 4.62. The van der Waals surface area contributed by atoms with E-state index in [4.69, 9.17) is 4.74 Å². The highest BCUT2D eigenvalue weighted by molar-refractivity contribution is 5.72. The minimum atomic E-state index is -0.270. The van der Waals surface area contributed by atoms with Gasteiger partial charge in [0.05, 0.1) is 6.42 Å². The number of ether oxygens (including phenoxy) is 2. The van der Waals surface area contributed by atoms with Gasteiger partial charge in [0.25, 0.3) is 0 Å². The molecule has 0 fully saturated rings. The summed E-state index contributed by atoms with van der Waals surface area (Å²) in [6.07, 6.45) is 0.296. The van der Waals surface area contributed by atoms with Gasteiger partial charge in [-0.05, 0) is 5.56 Å². The molecule has 0 spiro atoms. The lowest BCUT2D eigenvalue weighted by atomic mass is 10.2. The largest absolute Gasteiger partial charge is 0.438 e. The summed E-state index contributed by atoms with van der Waals surface area (Å²) in [5, 5.41) is 0. The zero-order valence-corrected chi connectivity index (χ0v) is 7.53. The van der Waals surface area contributed by atoms with Crippen LogP contribution in [0.15, 0.2) is 30.3 Å². The van der Waals surface area contributed by atoms with Gasteiger partial charge >= 0.3 is 5.97 Å². The third-order valence-electron chi connectivity index (χ3n) is 1.53. The summed E-state index contributed by atoms with van der Waals surface area (Å²) in [6.45, 7) is 0.0195. The predicted molar refractivity (Wildman–Crippen MR) is 54.8 cm³/mol. The highest BCUT2D eigenvalue weighted by atomic mass is 16.7. The fourth-order valence-corrected chi connectivity index (χ4v) is 0.938. The van der Waals surface area contributed by atoms with E-state index < -0.39 is 0 Å². The zero-order chi connectivity index (χ0) is 9.52. The van der Waals surface area contributed by atoms with Crippen molar-refractivity contribution in [2.24, 2.45) is 0 Å². The van der Waals surface area contributed by atoms with Gasteiger partial charge in [-0.15, -0.1) is 0 Å². The maximum absolute atomic E-state index is 11.1. The smallest absolute Gasteiger partial charge is 0.312 e. The van der Waals surface area contributed by atoms with Gasteiger partial charge in [-0.3, -0.25) is 4.79 Å². The van der Waals surface area contributed by atoms with Crippen LogP contribution in [0.25, 0.3) is 0 Å². The monoisotopic (exact) mass is 196 g/mol. The average Bonchev–Trinajstić information content (AvgIpc) is 2.16. The maximum atomic E-state index is 11.1. The van der Waals surface area contributed by atoms with Gasteiger partial charge in [0.15, 0.2) is 6.79 Å². The lowest BCUT2D eigenvalue weighted by molar-refractivity contribution is -0.153. The summed E-state index contributed by atoms with van der Waals surface area (Å²) >= 11 is 0. The molecule has 3 heteroatoms. The Morgan fingerprint density at radius 2 is 1.93 bits per heavy atom. The molecule has 0 unspecified atom stereocenters. The number of carbonyl (C=O) groups is 1. The summed E-state index contributed by atoms with van der Waals surface area (Å²) in [5.41, 5.74) is 0.948. The van der Waals surface area contributed by atoms with Gasteiger partial charge in [0, 0.05) is 7.11 Å². The number of hydrogen-bond acceptors (Lipinski definition) is 3. The molecule has 0 saturated heterocycles. The molecule has 0 bridgehead atoms. The second-order valence-electron chi connectivity index (χ2n) is 2.59. The second kappa shape index (κ2) is 7.09. The van der Waals surface area contributed by atoms with Crippen molar-refractivity contribution in [2.75, 3.05) is 13.9 Å². The topological polar surface area (TPSA) is 35.5 Å². The summed E-state index contributed by atoms with van der Waals surface area (Å²) in [5.74, 6) is -0.270. The van der Waals surface area contributed by atoms with Crippen LogP contribution < -0.4 is 0 Å². The summed E-state index contributed by atoms with van der Waals surface area (Å²) in [6, 6.07) is 9.45. The molecule has 0 atom stereocenters. The van der Waals surface area contributed by atoms with Crippen molar-refractivity contribution in [1.82, 2.24) is 0 Å². The highest BCUT2D eigenvalue weighted by Gasteiger charge is 2.02. The first-order valence-electron chi connectivity index (χ1n) is 4.01. The van der Waals surface area contributed by atoms with E-state index in [1.54, 1.807) is 0 Å². The van der Waals surface area contributed by atoms with Crippen molar-refractivity contribution in [3.8, 4) is 0 Å². The number of hydrogen-bond donors (Lipinski definition) is 0. The number of benzene rings is 1. The molecular formula is C11H16O3. The minimum Gasteiger partial charge on any atom is -0.438 e. The average molecular weight is 196 g/mol. The van der Waals surface area contributed by atoms with E-state index in [0.29, 0.717) is 6.42 Å². The molecular weight excluding hydrogens is 180 g/mol. The molecule has 0 aliphatic rings. The van der Waals surface area contributed by atoms with Gasteiger partial charge < -0.3 is 9.47 Å². The molecule has 1 aromatic rings. The summed E-state index contributed by atoms with van der Waals surface area (Å²) < 4.78 is 9.34. The predicted octanol–water partition coefficient (Wildman–Crippen LogP) is 2.01. The Balaban J connectivity index is 0.00000169. The van der Waals surface area contributed by atoms with Gasteiger partial charge in [-0.25, -0.2) is 0 Å². The van der Waals surface area contributed by atoms with Crippen molar-refractivity contribution in [3.63, 3.8) is 0 Å². The molecule has 3 nitrogen and oxygen atoms in total. The Hall–Kier alpha value is -1.35. The zero-order valence-electron chi connectivity index (χ0n) is 7.53. The molecule has 0 aliphatic heterocycles. The molecule has 14 heavy (non-hydrogen) atoms. The lowest BCUT2D eigenvalue weighted by Gasteiger charge is -2.02. The maximum Gasteiger partial charge on any atom is 0.312 e. The van der Waals surface area contributed by atoms with Gasteiger partial charge in [-0.1, -0.05) is 37.8 Å². The van der Waals surface area contributed by atoms with Crippen LogP contribution in [-0.4, -0.2) is 19.9 Å². The molecule has 1 aromatic carbocycles. The Kier molecular flexibility index (Phi) is 6.41. The molecule has 0 saturated carbocycles. The SMILES string of the molecule is C.COCOC(=O)Cc1ccccc1. The fourth-order valence-electron chi connectivity index (χ4n) is 0.938. The van der Waals surface area contributed by atoms with E-state index in [-0.39, 0.29) is 20.2 Å². The molecule has 0 aliphatic carbocycles. The first-order chi connectivity index (χ1) is 6.33. The van der Waals surface area contributed by atoms with Gasteiger partial charge in [0.1, 0.15) is 0 Å². The minimum absolute atomic E-state index is 0. The van der Waals surface area contributed by atoms with Gasteiger partial charge in [-0.2, -0.15) is 0 Å². The number of rotatable bonds is 4. The van der Waals surface area contributed by atoms with Crippen molar-refractivity contribution >= 4 is 5.97 Å². The van der Waals surface area contributed by atoms with Crippen LogP contribution >= 0.6 is 0 Å². The Morgan fingerprint density at radius 1 is 1.29 bits per heavy atom. The van der Waals surface area contributed by atoms with Crippen LogP contribution in [0.3, 0.4) is 0 Å². The van der Waals surface area contributed by atoms with Crippen LogP contribution in [-0.2, 0) is 20.7 Å². The van der Waals surface area contributed by atoms with E-state index in [0.717, 1.165) is 5.56 Å². The molecule has 1 rings (SSSR count). The normalized spacial score (nSPS) is 8.93. The molecule has 0 amide bonds. The first-order valence-corrected chi connectivity index (χ1v) is 4.01. The van der Waals surface area contributed by atoms with E-state index in [1.165, 1.54) is 7.11 Å². The van der Waals surface area contributed by atoms with E-state index in [1.807, 2.05) is 30.3 Å². The summed E-state index contributed by atoms with van der Waals surface area (Å²) in [4.78, 5) is 11.1. The number of methoxy groups -OCH3 is 1. The van der Waals surface area contributed by atoms with Crippen LogP contribution in [0.4, 0.5) is 0 Å². The molecule has 0 N–H and O–H groups in total. The van der Waals surface area contributed by atoms with E-state index in [9.17, 15) is 4.79 Å². The Bertz CT molecular complexity index is 256. The van der Waals surface area contributed by atoms with Crippen LogP contribution in [0.5, 0.6) is 0 Å². The van der Waals surface area contributed by atoms with E-state index in [2.05, 4.69) is 4.74 Å². The fraction of sp³-hybridized carbons (Fsp3) is 0.364. The Morgan fingerprint density at radius 3 is 2.50 bits per heavy atom. The second-order valence-corrected chi connectivity index (χ2v) is 2.59. The lowest BCUT2D eigenvalue weighted by Crippen LogP contribution is -2.09. The molecule has 78 valence electrons. The third-order valence-corrected chi connectivity index (χ3v) is 1.53. The van der Waals surface area contributed by atoms with Crippen molar-refractivity contribution in [2.45, 2.75) is 13.8 Å². The standard InChI is InChI=1S/C10H12O3.CH4/c1-12-8-13-10(11)7-9-5-3-2-4-6-9;/h2-6H,7-8H2,1H3;1H4. The molecule has 0 radical (unpaired) electrons. The molecule has 0 aromatic heterocycles. The van der Waals surface area contributed by atoms with Crippen LogP contribution in [0, 0.1) is 0 Å². The van der Waals surface area contributed by atoms with Crippen molar-refractivity contribution in [3.05, 3.63) is 35.9 Å². The number of esters is 1. The quantitative estimate of drug-likeness (QED) is 0.546. The molecule has 0 heterocycles. The van der Waals surface area contributed by atoms with Crippen molar-refractivity contribution < 1.29 is 14.3 Å². The first kappa shape index (κ1) is 12.7. The summed E-state index contributed by atoms with van der Waals surface area (Å²) in [7, 11) is 1.48. The van der Waals surface area contributed by atoms with Gasteiger partial charge in [0.2, 0.25) is 0 Å². The highest BCUT2D eigenvalue weighted by Crippen LogP contribution is 2.00. The van der Waals surface area contributed by atoms with E-state index >= 15 is 0 Å². The van der Waals surface area contributed by atoms with Crippen LogP contribution in [0.1, 0.15) is 13.0 Å². The van der Waals surface area contributed by atoms with Crippen LogP contribution in [0.2, 0.25) is 0 Å². The Labute approximate surface area is 84.7 Å². The van der Waals surface area contributed by atoms with Crippen molar-refractivity contribution in [1.29, 1.82) is 0 Å².